The third-order valence-corrected chi connectivity index (χ3v) is 2.73. The second-order valence-electron chi connectivity index (χ2n) is 4.41. The fourth-order valence-electron chi connectivity index (χ4n) is 1.80. The second-order valence-corrected chi connectivity index (χ2v) is 4.41. The molecule has 0 aliphatic rings. The Kier molecular flexibility index (Phi) is 7.31. The van der Waals surface area contributed by atoms with Crippen LogP contribution in [-0.4, -0.2) is 42.8 Å². The van der Waals surface area contributed by atoms with E-state index in [9.17, 15) is 0 Å². The largest absolute Gasteiger partial charge is 0.380 e. The van der Waals surface area contributed by atoms with Gasteiger partial charge >= 0.3 is 0 Å². The van der Waals surface area contributed by atoms with Gasteiger partial charge in [0, 0.05) is 19.2 Å². The molecule has 0 rings (SSSR count). The van der Waals surface area contributed by atoms with Gasteiger partial charge in [-0.15, -0.1) is 0 Å². The minimum absolute atomic E-state index is 0.306. The first-order valence-corrected chi connectivity index (χ1v) is 5.98. The van der Waals surface area contributed by atoms with E-state index in [1.807, 2.05) is 6.92 Å². The van der Waals surface area contributed by atoms with Gasteiger partial charge in [-0.05, 0) is 33.7 Å². The number of likely N-dealkylation sites (N-methyl/N-ethyl adjacent to an activating group) is 1. The van der Waals surface area contributed by atoms with E-state index < -0.39 is 5.54 Å². The Balaban J connectivity index is 4.11. The Bertz CT molecular complexity index is 223. The third-order valence-electron chi connectivity index (χ3n) is 2.73. The van der Waals surface area contributed by atoms with Crippen LogP contribution in [0.3, 0.4) is 0 Å². The van der Waals surface area contributed by atoms with Crippen LogP contribution in [0.2, 0.25) is 0 Å². The molecular formula is C12H25N3O. The smallest absolute Gasteiger partial charge is 0.102 e. The van der Waals surface area contributed by atoms with Crippen LogP contribution in [-0.2, 0) is 4.74 Å². The molecule has 94 valence electrons. The van der Waals surface area contributed by atoms with Gasteiger partial charge in [-0.25, -0.2) is 0 Å². The molecule has 4 heteroatoms. The highest BCUT2D eigenvalue weighted by Crippen LogP contribution is 2.12. The lowest BCUT2D eigenvalue weighted by Crippen LogP contribution is -2.44. The predicted molar refractivity (Wildman–Crippen MR) is 66.0 cm³/mol. The zero-order valence-corrected chi connectivity index (χ0v) is 11.0. The third kappa shape index (κ3) is 6.06. The van der Waals surface area contributed by atoms with E-state index in [4.69, 9.17) is 15.7 Å². The molecule has 0 heterocycles. The van der Waals surface area contributed by atoms with Crippen molar-refractivity contribution < 1.29 is 4.74 Å². The normalized spacial score (nSPS) is 16.8. The molecule has 2 N–H and O–H groups in total. The summed E-state index contributed by atoms with van der Waals surface area (Å²) < 4.78 is 5.33. The second kappa shape index (κ2) is 7.61. The monoisotopic (exact) mass is 227 g/mol. The van der Waals surface area contributed by atoms with Gasteiger partial charge in [-0.3, -0.25) is 4.90 Å². The summed E-state index contributed by atoms with van der Waals surface area (Å²) in [6, 6.07) is 2.44. The van der Waals surface area contributed by atoms with Crippen molar-refractivity contribution in [2.24, 2.45) is 5.73 Å². The Morgan fingerprint density at radius 1 is 1.50 bits per heavy atom. The van der Waals surface area contributed by atoms with Crippen LogP contribution in [0.1, 0.15) is 34.1 Å². The Morgan fingerprint density at radius 2 is 2.12 bits per heavy atom. The molecule has 0 amide bonds. The standard InChI is InChI=1S/C12H25N3O/c1-5-15(7-8-16-6-2)11(3)9-12(4,14)10-13/h11H,5-9,14H2,1-4H3. The van der Waals surface area contributed by atoms with E-state index in [0.717, 1.165) is 26.3 Å². The van der Waals surface area contributed by atoms with Gasteiger partial charge in [0.15, 0.2) is 0 Å². The molecule has 0 spiro atoms. The van der Waals surface area contributed by atoms with Gasteiger partial charge < -0.3 is 10.5 Å². The summed E-state index contributed by atoms with van der Waals surface area (Å²) in [6.07, 6.45) is 0.684. The van der Waals surface area contributed by atoms with Crippen LogP contribution in [0.4, 0.5) is 0 Å². The fourth-order valence-corrected chi connectivity index (χ4v) is 1.80. The molecule has 0 saturated heterocycles. The maximum atomic E-state index is 8.89. The predicted octanol–water partition coefficient (Wildman–Crippen LogP) is 1.36. The topological polar surface area (TPSA) is 62.3 Å². The molecule has 0 aromatic rings. The van der Waals surface area contributed by atoms with Crippen LogP contribution in [0.5, 0.6) is 0 Å². The van der Waals surface area contributed by atoms with Crippen molar-refractivity contribution >= 4 is 0 Å². The minimum Gasteiger partial charge on any atom is -0.380 e. The highest BCUT2D eigenvalue weighted by molar-refractivity contribution is 5.02. The Labute approximate surface area is 99.4 Å². The van der Waals surface area contributed by atoms with Gasteiger partial charge in [-0.2, -0.15) is 5.26 Å². The first-order valence-electron chi connectivity index (χ1n) is 5.98. The first kappa shape index (κ1) is 15.4. The molecule has 0 bridgehead atoms. The summed E-state index contributed by atoms with van der Waals surface area (Å²) in [5.74, 6) is 0. The molecule has 0 aliphatic heterocycles. The highest BCUT2D eigenvalue weighted by Gasteiger charge is 2.23. The lowest BCUT2D eigenvalue weighted by Gasteiger charge is -2.31. The van der Waals surface area contributed by atoms with Crippen molar-refractivity contribution in [3.05, 3.63) is 0 Å². The van der Waals surface area contributed by atoms with Gasteiger partial charge in [0.2, 0.25) is 0 Å². The van der Waals surface area contributed by atoms with Gasteiger partial charge in [0.25, 0.3) is 0 Å². The molecular weight excluding hydrogens is 202 g/mol. The lowest BCUT2D eigenvalue weighted by molar-refractivity contribution is 0.0949. The van der Waals surface area contributed by atoms with Crippen molar-refractivity contribution in [2.45, 2.75) is 45.7 Å². The molecule has 0 fully saturated rings. The van der Waals surface area contributed by atoms with E-state index in [2.05, 4.69) is 24.8 Å². The minimum atomic E-state index is -0.738. The molecule has 0 aromatic carbocycles. The van der Waals surface area contributed by atoms with E-state index in [-0.39, 0.29) is 0 Å². The molecule has 2 atom stereocenters. The van der Waals surface area contributed by atoms with Crippen LogP contribution in [0.25, 0.3) is 0 Å². The Hall–Kier alpha value is -0.630. The summed E-state index contributed by atoms with van der Waals surface area (Å²) >= 11 is 0. The average Bonchev–Trinajstić information content (AvgIpc) is 2.23. The molecule has 4 nitrogen and oxygen atoms in total. The Morgan fingerprint density at radius 3 is 2.56 bits per heavy atom. The van der Waals surface area contributed by atoms with Crippen LogP contribution < -0.4 is 5.73 Å². The highest BCUT2D eigenvalue weighted by atomic mass is 16.5. The van der Waals surface area contributed by atoms with Crippen molar-refractivity contribution in [3.63, 3.8) is 0 Å². The number of nitrogens with two attached hydrogens (primary N) is 1. The zero-order valence-electron chi connectivity index (χ0n) is 11.0. The van der Waals surface area contributed by atoms with E-state index >= 15 is 0 Å². The summed E-state index contributed by atoms with van der Waals surface area (Å²) in [5.41, 5.74) is 5.11. The summed E-state index contributed by atoms with van der Waals surface area (Å²) in [4.78, 5) is 2.29. The maximum Gasteiger partial charge on any atom is 0.102 e. The van der Waals surface area contributed by atoms with E-state index in [1.165, 1.54) is 0 Å². The number of hydrogen-bond donors (Lipinski definition) is 1. The van der Waals surface area contributed by atoms with Crippen molar-refractivity contribution in [1.82, 2.24) is 4.90 Å². The lowest BCUT2D eigenvalue weighted by atomic mass is 9.96. The first-order chi connectivity index (χ1) is 7.46. The number of hydrogen-bond acceptors (Lipinski definition) is 4. The van der Waals surface area contributed by atoms with E-state index in [0.29, 0.717) is 12.5 Å². The SMILES string of the molecule is CCOCCN(CC)C(C)CC(C)(N)C#N. The summed E-state index contributed by atoms with van der Waals surface area (Å²) in [7, 11) is 0. The summed E-state index contributed by atoms with van der Waals surface area (Å²) in [5, 5.41) is 8.89. The van der Waals surface area contributed by atoms with Crippen molar-refractivity contribution in [3.8, 4) is 6.07 Å². The molecule has 2 unspecified atom stereocenters. The average molecular weight is 227 g/mol. The van der Waals surface area contributed by atoms with E-state index in [1.54, 1.807) is 6.92 Å². The number of nitrogens with zero attached hydrogens (tertiary/aromatic N) is 2. The van der Waals surface area contributed by atoms with Gasteiger partial charge in [-0.1, -0.05) is 6.92 Å². The number of nitriles is 1. The molecule has 0 aromatic heterocycles. The van der Waals surface area contributed by atoms with Crippen molar-refractivity contribution in [1.29, 1.82) is 5.26 Å². The maximum absolute atomic E-state index is 8.89. The zero-order chi connectivity index (χ0) is 12.6. The number of rotatable bonds is 8. The van der Waals surface area contributed by atoms with Crippen LogP contribution in [0, 0.1) is 11.3 Å². The molecule has 0 saturated carbocycles. The number of ether oxygens (including phenoxy) is 1. The van der Waals surface area contributed by atoms with Crippen molar-refractivity contribution in [2.75, 3.05) is 26.3 Å². The van der Waals surface area contributed by atoms with Crippen LogP contribution in [0.15, 0.2) is 0 Å². The molecule has 16 heavy (non-hydrogen) atoms. The van der Waals surface area contributed by atoms with Gasteiger partial charge in [0.05, 0.1) is 12.7 Å². The summed E-state index contributed by atoms with van der Waals surface area (Å²) in [6.45, 7) is 11.3. The molecule has 0 radical (unpaired) electrons. The van der Waals surface area contributed by atoms with Crippen LogP contribution >= 0.6 is 0 Å². The quantitative estimate of drug-likeness (QED) is 0.636. The molecule has 0 aliphatic carbocycles. The fraction of sp³-hybridized carbons (Fsp3) is 0.917. The van der Waals surface area contributed by atoms with Gasteiger partial charge in [0.1, 0.15) is 5.54 Å².